The fraction of sp³-hybridized carbons (Fsp3) is 0.517. The van der Waals surface area contributed by atoms with Gasteiger partial charge in [-0.2, -0.15) is 0 Å². The summed E-state index contributed by atoms with van der Waals surface area (Å²) in [5.41, 5.74) is 7.20. The van der Waals surface area contributed by atoms with E-state index in [9.17, 15) is 0 Å². The molecule has 9 nitrogen and oxygen atoms in total. The summed E-state index contributed by atoms with van der Waals surface area (Å²) in [7, 11) is 12.3. The van der Waals surface area contributed by atoms with Gasteiger partial charge in [-0.05, 0) is 33.4 Å². The zero-order valence-electron chi connectivity index (χ0n) is 23.6. The fourth-order valence-corrected chi connectivity index (χ4v) is 7.35. The van der Waals surface area contributed by atoms with Crippen LogP contribution in [0, 0.1) is 13.8 Å². The number of hydrogen-bond acceptors (Lipinski definition) is 9. The minimum atomic E-state index is -0.130. The first-order valence-electron chi connectivity index (χ1n) is 12.8. The molecule has 2 saturated heterocycles. The molecular weight excluding hydrogens is 488 g/mol. The van der Waals surface area contributed by atoms with Crippen molar-refractivity contribution in [2.75, 3.05) is 56.3 Å². The van der Waals surface area contributed by atoms with E-state index >= 15 is 0 Å². The van der Waals surface area contributed by atoms with Gasteiger partial charge in [0, 0.05) is 39.1 Å². The quantitative estimate of drug-likeness (QED) is 0.557. The van der Waals surface area contributed by atoms with Crippen molar-refractivity contribution in [3.63, 3.8) is 0 Å². The van der Waals surface area contributed by atoms with Crippen LogP contribution in [0.15, 0.2) is 5.70 Å². The lowest BCUT2D eigenvalue weighted by molar-refractivity contribution is -0.0728. The highest BCUT2D eigenvalue weighted by Crippen LogP contribution is 2.61. The van der Waals surface area contributed by atoms with Gasteiger partial charge in [0.2, 0.25) is 0 Å². The molecular formula is C29H36N2O7. The minimum Gasteiger partial charge on any atom is -0.496 e. The number of hydrogen-bond donors (Lipinski definition) is 0. The Bertz CT molecular complexity index is 1350. The second kappa shape index (κ2) is 8.88. The first kappa shape index (κ1) is 25.0. The summed E-state index contributed by atoms with van der Waals surface area (Å²) < 4.78 is 42.3. The Morgan fingerprint density at radius 2 is 1.29 bits per heavy atom. The summed E-state index contributed by atoms with van der Waals surface area (Å²) in [6.45, 7) is 4.55. The molecule has 0 N–H and O–H groups in total. The number of ether oxygens (including phenoxy) is 7. The molecule has 0 aromatic heterocycles. The van der Waals surface area contributed by atoms with Crippen molar-refractivity contribution in [3.8, 4) is 34.5 Å². The molecule has 2 aromatic rings. The molecule has 4 aliphatic heterocycles. The Balaban J connectivity index is 1.69. The van der Waals surface area contributed by atoms with Crippen LogP contribution >= 0.6 is 0 Å². The second-order valence-corrected chi connectivity index (χ2v) is 10.2. The normalized spacial score (nSPS) is 24.7. The first-order chi connectivity index (χ1) is 18.4. The maximum Gasteiger partial charge on any atom is 0.167 e. The molecule has 2 bridgehead atoms. The third kappa shape index (κ3) is 2.94. The zero-order chi connectivity index (χ0) is 27.0. The lowest BCUT2D eigenvalue weighted by Gasteiger charge is -2.55. The van der Waals surface area contributed by atoms with Crippen molar-refractivity contribution in [1.82, 2.24) is 9.80 Å². The molecule has 4 atom stereocenters. The van der Waals surface area contributed by atoms with E-state index in [1.165, 1.54) is 0 Å². The smallest absolute Gasteiger partial charge is 0.167 e. The zero-order valence-corrected chi connectivity index (χ0v) is 23.6. The molecule has 1 unspecified atom stereocenters. The highest BCUT2D eigenvalue weighted by molar-refractivity contribution is 5.77. The summed E-state index contributed by atoms with van der Waals surface area (Å²) >= 11 is 0. The summed E-state index contributed by atoms with van der Waals surface area (Å²) in [4.78, 5) is 4.83. The van der Waals surface area contributed by atoms with Gasteiger partial charge in [0.25, 0.3) is 0 Å². The van der Waals surface area contributed by atoms with Gasteiger partial charge in [0.05, 0.1) is 67.4 Å². The van der Waals surface area contributed by atoms with E-state index in [-0.39, 0.29) is 24.4 Å². The Kier molecular flexibility index (Phi) is 5.84. The van der Waals surface area contributed by atoms with E-state index < -0.39 is 0 Å². The Hall–Kier alpha value is -3.30. The van der Waals surface area contributed by atoms with Crippen LogP contribution in [-0.2, 0) is 11.2 Å². The molecule has 38 heavy (non-hydrogen) atoms. The van der Waals surface area contributed by atoms with E-state index in [4.69, 9.17) is 33.2 Å². The molecule has 0 radical (unpaired) electrons. The predicted octanol–water partition coefficient (Wildman–Crippen LogP) is 4.02. The molecule has 0 aliphatic carbocycles. The first-order valence-corrected chi connectivity index (χ1v) is 12.8. The number of benzene rings is 2. The number of piperazine rings is 1. The van der Waals surface area contributed by atoms with Gasteiger partial charge in [-0.1, -0.05) is 0 Å². The summed E-state index contributed by atoms with van der Waals surface area (Å²) in [5, 5.41) is 0. The number of nitrogens with zero attached hydrogens (tertiary/aromatic N) is 2. The van der Waals surface area contributed by atoms with E-state index in [0.717, 1.165) is 68.5 Å². The summed E-state index contributed by atoms with van der Waals surface area (Å²) in [6.07, 6.45) is 2.86. The molecule has 0 amide bonds. The predicted molar refractivity (Wildman–Crippen MR) is 142 cm³/mol. The maximum absolute atomic E-state index is 6.59. The summed E-state index contributed by atoms with van der Waals surface area (Å²) in [6, 6.07) is -0.0366. The lowest BCUT2D eigenvalue weighted by atomic mass is 9.77. The number of rotatable bonds is 6. The maximum atomic E-state index is 6.59. The van der Waals surface area contributed by atoms with Crippen LogP contribution in [-0.4, -0.2) is 78.4 Å². The SMILES string of the molecule is COc1c(C)c(OC)c(OC)c2c1C=C1[C@H]3c4c(c(OC)c(C)c(OC)c4OC)C[C@@H](C4OC[C@@H]2N14)N3C. The molecule has 4 aliphatic rings. The molecule has 9 heteroatoms. The van der Waals surface area contributed by atoms with Crippen LogP contribution < -0.4 is 28.4 Å². The molecule has 2 aromatic carbocycles. The molecule has 6 rings (SSSR count). The third-order valence-electron chi connectivity index (χ3n) is 8.81. The molecule has 4 heterocycles. The minimum absolute atomic E-state index is 0.0474. The van der Waals surface area contributed by atoms with Gasteiger partial charge in [0.15, 0.2) is 23.0 Å². The van der Waals surface area contributed by atoms with Gasteiger partial charge in [-0.25, -0.2) is 0 Å². The molecule has 204 valence electrons. The van der Waals surface area contributed by atoms with Crippen LogP contribution in [0.3, 0.4) is 0 Å². The highest BCUT2D eigenvalue weighted by Gasteiger charge is 2.57. The van der Waals surface area contributed by atoms with Crippen molar-refractivity contribution in [2.24, 2.45) is 0 Å². The lowest BCUT2D eigenvalue weighted by Crippen LogP contribution is -2.60. The largest absolute Gasteiger partial charge is 0.496 e. The molecule has 0 saturated carbocycles. The van der Waals surface area contributed by atoms with Gasteiger partial charge in [0.1, 0.15) is 17.7 Å². The average molecular weight is 525 g/mol. The summed E-state index contributed by atoms with van der Waals surface area (Å²) in [5.74, 6) is 4.48. The Morgan fingerprint density at radius 3 is 1.87 bits per heavy atom. The van der Waals surface area contributed by atoms with E-state index in [1.54, 1.807) is 42.7 Å². The average Bonchev–Trinajstić information content (AvgIpc) is 3.35. The standard InChI is InChI=1S/C29H36N2O7/c1-13-23(32-4)15-10-17-22-21-16(24(33-5)14(2)26(35-7)28(21)37-9)11-18(30(22)3)29-31(17)19(12-38-29)20(15)27(36-8)25(13)34-6/h10,18-19,22,29H,11-12H2,1-9H3/t18-,19-,22-,29?/m0/s1. The van der Waals surface area contributed by atoms with Crippen LogP contribution in [0.5, 0.6) is 34.5 Å². The monoisotopic (exact) mass is 524 g/mol. The molecule has 0 spiro atoms. The second-order valence-electron chi connectivity index (χ2n) is 10.2. The number of fused-ring (bicyclic) bond motifs is 8. The Morgan fingerprint density at radius 1 is 0.737 bits per heavy atom. The van der Waals surface area contributed by atoms with Crippen LogP contribution in [0.25, 0.3) is 6.08 Å². The fourth-order valence-electron chi connectivity index (χ4n) is 7.35. The van der Waals surface area contributed by atoms with E-state index in [2.05, 4.69) is 22.9 Å². The van der Waals surface area contributed by atoms with E-state index in [0.29, 0.717) is 18.1 Å². The van der Waals surface area contributed by atoms with Crippen LogP contribution in [0.4, 0.5) is 0 Å². The Labute approximate surface area is 223 Å². The van der Waals surface area contributed by atoms with Gasteiger partial charge in [-0.3, -0.25) is 4.90 Å². The van der Waals surface area contributed by atoms with Gasteiger partial charge < -0.3 is 38.1 Å². The highest BCUT2D eigenvalue weighted by atomic mass is 16.5. The topological polar surface area (TPSA) is 71.1 Å². The van der Waals surface area contributed by atoms with Crippen LogP contribution in [0.1, 0.15) is 45.5 Å². The van der Waals surface area contributed by atoms with Gasteiger partial charge >= 0.3 is 0 Å². The number of methoxy groups -OCH3 is 6. The number of likely N-dealkylation sites (N-methyl/N-ethyl adjacent to an activating group) is 1. The van der Waals surface area contributed by atoms with Crippen molar-refractivity contribution < 1.29 is 33.2 Å². The van der Waals surface area contributed by atoms with Crippen molar-refractivity contribution in [1.29, 1.82) is 0 Å². The molecule has 2 fully saturated rings. The van der Waals surface area contributed by atoms with Crippen molar-refractivity contribution in [2.45, 2.75) is 44.6 Å². The van der Waals surface area contributed by atoms with E-state index in [1.807, 2.05) is 13.8 Å². The van der Waals surface area contributed by atoms with Crippen molar-refractivity contribution >= 4 is 6.08 Å². The van der Waals surface area contributed by atoms with Crippen molar-refractivity contribution in [3.05, 3.63) is 39.1 Å². The van der Waals surface area contributed by atoms with Gasteiger partial charge in [-0.15, -0.1) is 0 Å². The van der Waals surface area contributed by atoms with Crippen LogP contribution in [0.2, 0.25) is 0 Å². The third-order valence-corrected chi connectivity index (χ3v) is 8.81.